The lowest BCUT2D eigenvalue weighted by Gasteiger charge is -2.39. The highest BCUT2D eigenvalue weighted by atomic mass is 16.5. The summed E-state index contributed by atoms with van der Waals surface area (Å²) in [4.78, 5) is 0. The van der Waals surface area contributed by atoms with Crippen molar-refractivity contribution >= 4 is 0 Å². The average molecular weight is 389 g/mol. The summed E-state index contributed by atoms with van der Waals surface area (Å²) in [5.74, 6) is 1.89. The molecule has 146 valence electrons. The first-order valence-corrected chi connectivity index (χ1v) is 10.6. The first-order chi connectivity index (χ1) is 14.5. The number of para-hydroxylation sites is 2. The second-order valence-electron chi connectivity index (χ2n) is 9.40. The first-order valence-electron chi connectivity index (χ1n) is 10.6. The SMILES string of the molecule is CC(C)(C)c1ccc2c(c1)C1(c3ccccc3Oc3ccccc31)c1ccccc1-2. The second-order valence-corrected chi connectivity index (χ2v) is 9.40. The summed E-state index contributed by atoms with van der Waals surface area (Å²) in [5, 5.41) is 0. The minimum absolute atomic E-state index is 0.0786. The molecule has 4 aromatic carbocycles. The molecule has 0 radical (unpaired) electrons. The molecule has 0 bridgehead atoms. The van der Waals surface area contributed by atoms with Crippen molar-refractivity contribution in [2.24, 2.45) is 0 Å². The Morgan fingerprint density at radius 2 is 1.10 bits per heavy atom. The molecule has 1 spiro atoms. The summed E-state index contributed by atoms with van der Waals surface area (Å²) in [7, 11) is 0. The summed E-state index contributed by atoms with van der Waals surface area (Å²) in [6.07, 6.45) is 0. The van der Waals surface area contributed by atoms with Gasteiger partial charge in [0.25, 0.3) is 0 Å². The summed E-state index contributed by atoms with van der Waals surface area (Å²) < 4.78 is 6.39. The van der Waals surface area contributed by atoms with Crippen LogP contribution in [0.1, 0.15) is 48.6 Å². The van der Waals surface area contributed by atoms with E-state index in [9.17, 15) is 0 Å². The van der Waals surface area contributed by atoms with Crippen LogP contribution in [0.15, 0.2) is 91.0 Å². The van der Waals surface area contributed by atoms with Crippen molar-refractivity contribution < 1.29 is 4.74 Å². The lowest BCUT2D eigenvalue weighted by molar-refractivity contribution is 0.436. The number of fused-ring (bicyclic) bond motifs is 9. The van der Waals surface area contributed by atoms with E-state index in [1.165, 1.54) is 38.9 Å². The standard InChI is InChI=1S/C29H24O/c1-28(2,3)19-16-17-21-20-10-4-5-11-22(20)29(25(21)18-19)23-12-6-8-14-26(23)30-27-15-9-7-13-24(27)29/h4-18H,1-3H3. The summed E-state index contributed by atoms with van der Waals surface area (Å²) in [6.45, 7) is 6.86. The van der Waals surface area contributed by atoms with Gasteiger partial charge < -0.3 is 4.74 Å². The molecular weight excluding hydrogens is 364 g/mol. The van der Waals surface area contributed by atoms with Crippen molar-refractivity contribution in [3.05, 3.63) is 119 Å². The van der Waals surface area contributed by atoms with Crippen molar-refractivity contribution in [2.75, 3.05) is 0 Å². The number of rotatable bonds is 0. The maximum atomic E-state index is 6.39. The van der Waals surface area contributed by atoms with Gasteiger partial charge in [-0.3, -0.25) is 0 Å². The highest BCUT2D eigenvalue weighted by Gasteiger charge is 2.51. The fraction of sp³-hybridized carbons (Fsp3) is 0.172. The third-order valence-electron chi connectivity index (χ3n) is 6.71. The van der Waals surface area contributed by atoms with Crippen LogP contribution in [0.3, 0.4) is 0 Å². The largest absolute Gasteiger partial charge is 0.457 e. The molecule has 1 heteroatoms. The van der Waals surface area contributed by atoms with Crippen LogP contribution in [0.5, 0.6) is 11.5 Å². The maximum absolute atomic E-state index is 6.39. The normalized spacial score (nSPS) is 15.0. The molecule has 1 aliphatic heterocycles. The highest BCUT2D eigenvalue weighted by molar-refractivity contribution is 5.88. The van der Waals surface area contributed by atoms with Crippen molar-refractivity contribution in [2.45, 2.75) is 31.6 Å². The van der Waals surface area contributed by atoms with E-state index in [0.29, 0.717) is 0 Å². The number of benzene rings is 4. The number of hydrogen-bond donors (Lipinski definition) is 0. The predicted molar refractivity (Wildman–Crippen MR) is 123 cm³/mol. The van der Waals surface area contributed by atoms with Gasteiger partial charge in [-0.1, -0.05) is 99.6 Å². The van der Waals surface area contributed by atoms with Crippen LogP contribution in [0.2, 0.25) is 0 Å². The molecule has 0 unspecified atom stereocenters. The summed E-state index contributed by atoms with van der Waals surface area (Å²) in [6, 6.07) is 33.0. The van der Waals surface area contributed by atoms with Gasteiger partial charge in [0.05, 0.1) is 5.41 Å². The van der Waals surface area contributed by atoms with Gasteiger partial charge in [0.1, 0.15) is 11.5 Å². The van der Waals surface area contributed by atoms with Gasteiger partial charge in [0.2, 0.25) is 0 Å². The van der Waals surface area contributed by atoms with E-state index in [0.717, 1.165) is 11.5 Å². The van der Waals surface area contributed by atoms with Gasteiger partial charge in [0, 0.05) is 11.1 Å². The molecule has 4 aromatic rings. The summed E-state index contributed by atoms with van der Waals surface area (Å²) in [5.41, 5.74) is 8.86. The molecule has 0 N–H and O–H groups in total. The second kappa shape index (κ2) is 5.86. The minimum atomic E-state index is -0.362. The highest BCUT2D eigenvalue weighted by Crippen LogP contribution is 2.62. The van der Waals surface area contributed by atoms with E-state index in [4.69, 9.17) is 4.74 Å². The quantitative estimate of drug-likeness (QED) is 0.262. The molecule has 0 saturated heterocycles. The van der Waals surface area contributed by atoms with Crippen LogP contribution >= 0.6 is 0 Å². The van der Waals surface area contributed by atoms with Crippen LogP contribution in [0.4, 0.5) is 0 Å². The Morgan fingerprint density at radius 3 is 1.73 bits per heavy atom. The van der Waals surface area contributed by atoms with Crippen molar-refractivity contribution in [1.29, 1.82) is 0 Å². The van der Waals surface area contributed by atoms with Gasteiger partial charge >= 0.3 is 0 Å². The lowest BCUT2D eigenvalue weighted by atomic mass is 9.65. The van der Waals surface area contributed by atoms with Gasteiger partial charge in [-0.05, 0) is 45.4 Å². The van der Waals surface area contributed by atoms with Crippen molar-refractivity contribution in [1.82, 2.24) is 0 Å². The summed E-state index contributed by atoms with van der Waals surface area (Å²) >= 11 is 0. The first kappa shape index (κ1) is 17.5. The molecule has 2 aliphatic rings. The van der Waals surface area contributed by atoms with Crippen LogP contribution in [-0.2, 0) is 10.8 Å². The molecule has 1 aliphatic carbocycles. The minimum Gasteiger partial charge on any atom is -0.457 e. The van der Waals surface area contributed by atoms with Gasteiger partial charge in [-0.15, -0.1) is 0 Å². The fourth-order valence-corrected chi connectivity index (χ4v) is 5.32. The Bertz CT molecular complexity index is 1260. The number of ether oxygens (including phenoxy) is 1. The molecule has 1 nitrogen and oxygen atoms in total. The third kappa shape index (κ3) is 2.13. The average Bonchev–Trinajstić information content (AvgIpc) is 3.04. The van der Waals surface area contributed by atoms with Crippen LogP contribution in [0, 0.1) is 0 Å². The number of hydrogen-bond acceptors (Lipinski definition) is 1. The topological polar surface area (TPSA) is 9.23 Å². The molecule has 6 rings (SSSR count). The van der Waals surface area contributed by atoms with E-state index in [1.807, 2.05) is 0 Å². The molecule has 30 heavy (non-hydrogen) atoms. The molecule has 1 heterocycles. The van der Waals surface area contributed by atoms with Crippen LogP contribution in [-0.4, -0.2) is 0 Å². The Hall–Kier alpha value is -3.32. The van der Waals surface area contributed by atoms with Gasteiger partial charge in [-0.2, -0.15) is 0 Å². The van der Waals surface area contributed by atoms with Crippen LogP contribution < -0.4 is 4.74 Å². The Labute approximate surface area is 178 Å². The fourth-order valence-electron chi connectivity index (χ4n) is 5.32. The van der Waals surface area contributed by atoms with Crippen molar-refractivity contribution in [3.8, 4) is 22.6 Å². The molecular formula is C29H24O. The van der Waals surface area contributed by atoms with Gasteiger partial charge in [-0.25, -0.2) is 0 Å². The monoisotopic (exact) mass is 388 g/mol. The smallest absolute Gasteiger partial charge is 0.132 e. The van der Waals surface area contributed by atoms with E-state index < -0.39 is 0 Å². The van der Waals surface area contributed by atoms with E-state index in [-0.39, 0.29) is 10.8 Å². The molecule has 0 fully saturated rings. The Morgan fingerprint density at radius 1 is 0.567 bits per heavy atom. The Balaban J connectivity index is 1.82. The lowest BCUT2D eigenvalue weighted by Crippen LogP contribution is -2.32. The third-order valence-corrected chi connectivity index (χ3v) is 6.71. The van der Waals surface area contributed by atoms with Crippen molar-refractivity contribution in [3.63, 3.8) is 0 Å². The maximum Gasteiger partial charge on any atom is 0.132 e. The van der Waals surface area contributed by atoms with E-state index in [1.54, 1.807) is 0 Å². The molecule has 0 amide bonds. The molecule has 0 aromatic heterocycles. The predicted octanol–water partition coefficient (Wildman–Crippen LogP) is 7.45. The van der Waals surface area contributed by atoms with Gasteiger partial charge in [0.15, 0.2) is 0 Å². The zero-order valence-corrected chi connectivity index (χ0v) is 17.6. The zero-order valence-electron chi connectivity index (χ0n) is 17.6. The molecule has 0 saturated carbocycles. The van der Waals surface area contributed by atoms with E-state index >= 15 is 0 Å². The van der Waals surface area contributed by atoms with E-state index in [2.05, 4.69) is 112 Å². The zero-order chi connectivity index (χ0) is 20.5. The van der Waals surface area contributed by atoms with Crippen LogP contribution in [0.25, 0.3) is 11.1 Å². The molecule has 0 atom stereocenters. The Kier molecular flexibility index (Phi) is 3.42.